The maximum Gasteiger partial charge on any atom is 0.343 e. The van der Waals surface area contributed by atoms with Gasteiger partial charge in [0.05, 0.1) is 5.56 Å². The summed E-state index contributed by atoms with van der Waals surface area (Å²) in [6, 6.07) is 11.2. The van der Waals surface area contributed by atoms with E-state index in [2.05, 4.69) is 10.3 Å². The Bertz CT molecular complexity index is 572. The summed E-state index contributed by atoms with van der Waals surface area (Å²) >= 11 is 0. The lowest BCUT2D eigenvalue weighted by Crippen LogP contribution is -2.45. The van der Waals surface area contributed by atoms with E-state index in [1.165, 1.54) is 18.5 Å². The molecule has 0 saturated carbocycles. The molecule has 0 saturated heterocycles. The smallest absolute Gasteiger partial charge is 0.306 e. The number of hydrogen-bond acceptors (Lipinski definition) is 4. The van der Waals surface area contributed by atoms with Crippen molar-refractivity contribution in [1.82, 2.24) is 9.99 Å². The van der Waals surface area contributed by atoms with Gasteiger partial charge in [-0.05, 0) is 24.3 Å². The van der Waals surface area contributed by atoms with Gasteiger partial charge in [-0.2, -0.15) is 5.01 Å². The monoisotopic (exact) mass is 256 g/mol. The second kappa shape index (κ2) is 5.74. The van der Waals surface area contributed by atoms with Crippen molar-refractivity contribution in [3.63, 3.8) is 0 Å². The summed E-state index contributed by atoms with van der Waals surface area (Å²) in [6.07, 6.45) is 2.87. The molecule has 1 aromatic heterocycles. The zero-order chi connectivity index (χ0) is 13.7. The van der Waals surface area contributed by atoms with Crippen LogP contribution >= 0.6 is 0 Å². The third-order valence-electron chi connectivity index (χ3n) is 2.37. The van der Waals surface area contributed by atoms with E-state index in [1.807, 2.05) is 6.07 Å². The van der Waals surface area contributed by atoms with Crippen LogP contribution in [0.2, 0.25) is 0 Å². The summed E-state index contributed by atoms with van der Waals surface area (Å²) in [5.41, 5.74) is 0.801. The first-order valence-electron chi connectivity index (χ1n) is 5.53. The van der Waals surface area contributed by atoms with Gasteiger partial charge >= 0.3 is 6.03 Å². The molecule has 19 heavy (non-hydrogen) atoms. The number of anilines is 1. The van der Waals surface area contributed by atoms with Crippen molar-refractivity contribution >= 4 is 17.6 Å². The zero-order valence-corrected chi connectivity index (χ0v) is 9.98. The minimum Gasteiger partial charge on any atom is -0.306 e. The molecule has 0 aliphatic carbocycles. The van der Waals surface area contributed by atoms with Gasteiger partial charge in [0.15, 0.2) is 0 Å². The van der Waals surface area contributed by atoms with Gasteiger partial charge in [0.2, 0.25) is 0 Å². The molecule has 1 heterocycles. The highest BCUT2D eigenvalue weighted by molar-refractivity contribution is 6.07. The number of nitrogens with one attached hydrogen (secondary N) is 1. The first-order valence-corrected chi connectivity index (χ1v) is 5.53. The fourth-order valence-corrected chi connectivity index (χ4v) is 1.43. The molecule has 0 aliphatic heterocycles. The Balaban J connectivity index is 2.06. The molecule has 0 unspecified atom stereocenters. The number of imide groups is 1. The predicted molar refractivity (Wildman–Crippen MR) is 70.1 cm³/mol. The molecule has 2 aromatic rings. The number of amides is 3. The minimum absolute atomic E-state index is 0.244. The van der Waals surface area contributed by atoms with Crippen LogP contribution in [-0.4, -0.2) is 21.9 Å². The number of rotatable bonds is 2. The lowest BCUT2D eigenvalue weighted by molar-refractivity contribution is 0.0811. The van der Waals surface area contributed by atoms with E-state index in [9.17, 15) is 9.59 Å². The number of nitrogens with two attached hydrogens (primary N) is 1. The number of carbonyl (C=O) groups is 2. The average Bonchev–Trinajstić information content (AvgIpc) is 2.47. The van der Waals surface area contributed by atoms with E-state index in [-0.39, 0.29) is 5.56 Å². The highest BCUT2D eigenvalue weighted by Gasteiger charge is 2.19. The molecule has 96 valence electrons. The summed E-state index contributed by atoms with van der Waals surface area (Å²) in [5.74, 6) is 4.86. The molecule has 0 bridgehead atoms. The van der Waals surface area contributed by atoms with E-state index in [4.69, 9.17) is 5.84 Å². The van der Waals surface area contributed by atoms with Gasteiger partial charge in [0, 0.05) is 18.1 Å². The third kappa shape index (κ3) is 3.14. The van der Waals surface area contributed by atoms with Gasteiger partial charge in [-0.3, -0.25) is 9.78 Å². The van der Waals surface area contributed by atoms with Crippen molar-refractivity contribution in [2.75, 3.05) is 5.32 Å². The van der Waals surface area contributed by atoms with Crippen LogP contribution in [-0.2, 0) is 0 Å². The Labute approximate surface area is 109 Å². The molecule has 0 atom stereocenters. The summed E-state index contributed by atoms with van der Waals surface area (Å²) < 4.78 is 0. The zero-order valence-electron chi connectivity index (χ0n) is 9.98. The van der Waals surface area contributed by atoms with E-state index in [0.717, 1.165) is 0 Å². The highest BCUT2D eigenvalue weighted by atomic mass is 16.2. The number of para-hydroxylation sites is 1. The number of benzene rings is 1. The lowest BCUT2D eigenvalue weighted by atomic mass is 10.2. The van der Waals surface area contributed by atoms with Crippen LogP contribution in [0.15, 0.2) is 54.9 Å². The average molecular weight is 256 g/mol. The fraction of sp³-hybridized carbons (Fsp3) is 0. The summed E-state index contributed by atoms with van der Waals surface area (Å²) in [4.78, 5) is 27.4. The molecule has 3 N–H and O–H groups in total. The van der Waals surface area contributed by atoms with E-state index in [1.54, 1.807) is 30.3 Å². The van der Waals surface area contributed by atoms with Crippen LogP contribution in [0, 0.1) is 0 Å². The quantitative estimate of drug-likeness (QED) is 0.485. The number of urea groups is 1. The van der Waals surface area contributed by atoms with Crippen molar-refractivity contribution in [2.24, 2.45) is 5.84 Å². The number of hydrazine groups is 1. The SMILES string of the molecule is NN(C(=O)Nc1ccccc1)C(=O)c1cccnc1. The van der Waals surface area contributed by atoms with Crippen molar-refractivity contribution < 1.29 is 9.59 Å². The first kappa shape index (κ1) is 12.7. The number of carbonyl (C=O) groups excluding carboxylic acids is 2. The molecule has 3 amide bonds. The van der Waals surface area contributed by atoms with Gasteiger partial charge in [0.1, 0.15) is 0 Å². The standard InChI is InChI=1S/C13H12N4O2/c14-17(12(18)10-5-4-8-15-9-10)13(19)16-11-6-2-1-3-7-11/h1-9H,14H2,(H,16,19). The fourth-order valence-electron chi connectivity index (χ4n) is 1.43. The largest absolute Gasteiger partial charge is 0.343 e. The molecule has 0 spiro atoms. The van der Waals surface area contributed by atoms with Crippen LogP contribution in [0.4, 0.5) is 10.5 Å². The van der Waals surface area contributed by atoms with Gasteiger partial charge in [-0.25, -0.2) is 10.6 Å². The Morgan fingerprint density at radius 1 is 1.11 bits per heavy atom. The first-order chi connectivity index (χ1) is 9.18. The number of hydrogen-bond donors (Lipinski definition) is 2. The van der Waals surface area contributed by atoms with Crippen molar-refractivity contribution in [3.05, 3.63) is 60.4 Å². The second-order valence-electron chi connectivity index (χ2n) is 3.71. The molecular formula is C13H12N4O2. The molecule has 6 heteroatoms. The molecule has 1 aromatic carbocycles. The summed E-state index contributed by atoms with van der Waals surface area (Å²) in [6.45, 7) is 0. The van der Waals surface area contributed by atoms with E-state index < -0.39 is 11.9 Å². The van der Waals surface area contributed by atoms with Crippen LogP contribution in [0.5, 0.6) is 0 Å². The molecule has 0 fully saturated rings. The van der Waals surface area contributed by atoms with E-state index in [0.29, 0.717) is 10.7 Å². The second-order valence-corrected chi connectivity index (χ2v) is 3.71. The Morgan fingerprint density at radius 3 is 2.47 bits per heavy atom. The predicted octanol–water partition coefficient (Wildman–Crippen LogP) is 1.63. The van der Waals surface area contributed by atoms with Gasteiger partial charge in [-0.15, -0.1) is 0 Å². The topological polar surface area (TPSA) is 88.3 Å². The Kier molecular flexibility index (Phi) is 3.84. The van der Waals surface area contributed by atoms with Crippen molar-refractivity contribution in [1.29, 1.82) is 0 Å². The molecule has 0 aliphatic rings. The lowest BCUT2D eigenvalue weighted by Gasteiger charge is -2.15. The van der Waals surface area contributed by atoms with Crippen LogP contribution < -0.4 is 11.2 Å². The number of aromatic nitrogens is 1. The number of nitrogens with zero attached hydrogens (tertiary/aromatic N) is 2. The molecule has 0 radical (unpaired) electrons. The number of pyridine rings is 1. The van der Waals surface area contributed by atoms with Crippen molar-refractivity contribution in [2.45, 2.75) is 0 Å². The van der Waals surface area contributed by atoms with Gasteiger partial charge in [0.25, 0.3) is 5.91 Å². The van der Waals surface area contributed by atoms with Gasteiger partial charge < -0.3 is 5.32 Å². The Hall–Kier alpha value is -2.73. The third-order valence-corrected chi connectivity index (χ3v) is 2.37. The van der Waals surface area contributed by atoms with Crippen LogP contribution in [0.1, 0.15) is 10.4 Å². The summed E-state index contributed by atoms with van der Waals surface area (Å²) in [7, 11) is 0. The normalized spacial score (nSPS) is 9.74. The maximum absolute atomic E-state index is 11.9. The van der Waals surface area contributed by atoms with E-state index >= 15 is 0 Å². The van der Waals surface area contributed by atoms with Gasteiger partial charge in [-0.1, -0.05) is 18.2 Å². The highest BCUT2D eigenvalue weighted by Crippen LogP contribution is 2.07. The molecule has 6 nitrogen and oxygen atoms in total. The minimum atomic E-state index is -0.708. The van der Waals surface area contributed by atoms with Crippen LogP contribution in [0.3, 0.4) is 0 Å². The van der Waals surface area contributed by atoms with Crippen LogP contribution in [0.25, 0.3) is 0 Å². The van der Waals surface area contributed by atoms with Crippen molar-refractivity contribution in [3.8, 4) is 0 Å². The molecule has 2 rings (SSSR count). The molecular weight excluding hydrogens is 244 g/mol. The summed E-state index contributed by atoms with van der Waals surface area (Å²) in [5, 5.41) is 3.03. The Morgan fingerprint density at radius 2 is 1.84 bits per heavy atom. The maximum atomic E-state index is 11.9.